The van der Waals surface area contributed by atoms with E-state index in [0.717, 1.165) is 22.7 Å². The van der Waals surface area contributed by atoms with Crippen LogP contribution in [0.3, 0.4) is 0 Å². The summed E-state index contributed by atoms with van der Waals surface area (Å²) in [6, 6.07) is 3.38. The van der Waals surface area contributed by atoms with E-state index in [1.807, 2.05) is 13.8 Å². The Kier molecular flexibility index (Phi) is 3.09. The molecule has 1 aromatic carbocycles. The summed E-state index contributed by atoms with van der Waals surface area (Å²) in [6.07, 6.45) is 1.37. The Hall–Kier alpha value is -2.83. The lowest BCUT2D eigenvalue weighted by molar-refractivity contribution is 0.392. The van der Waals surface area contributed by atoms with Crippen molar-refractivity contribution in [2.75, 3.05) is 11.1 Å². The predicted octanol–water partition coefficient (Wildman–Crippen LogP) is 1.72. The third-order valence-electron chi connectivity index (χ3n) is 3.45. The summed E-state index contributed by atoms with van der Waals surface area (Å²) in [7, 11) is 0. The second kappa shape index (κ2) is 4.93. The first-order valence-electron chi connectivity index (χ1n) is 6.49. The van der Waals surface area contributed by atoms with E-state index in [0.29, 0.717) is 23.1 Å². The highest BCUT2D eigenvalue weighted by Crippen LogP contribution is 2.24. The number of nitrogens with zero attached hydrogens (tertiary/aromatic N) is 2. The monoisotopic (exact) mass is 285 g/mol. The van der Waals surface area contributed by atoms with E-state index >= 15 is 0 Å². The minimum atomic E-state index is -0.205. The molecule has 0 aliphatic rings. The van der Waals surface area contributed by atoms with Gasteiger partial charge in [-0.2, -0.15) is 0 Å². The van der Waals surface area contributed by atoms with E-state index in [4.69, 9.17) is 10.3 Å². The van der Waals surface area contributed by atoms with Gasteiger partial charge in [0.05, 0.1) is 34.3 Å². The molecule has 2 aromatic heterocycles. The molecule has 0 saturated carbocycles. The number of aromatic amines is 1. The van der Waals surface area contributed by atoms with Crippen molar-refractivity contribution in [1.82, 2.24) is 15.1 Å². The molecule has 0 saturated heterocycles. The lowest BCUT2D eigenvalue weighted by Crippen LogP contribution is -2.09. The molecule has 0 bridgehead atoms. The first kappa shape index (κ1) is 13.2. The molecule has 0 fully saturated rings. The highest BCUT2D eigenvalue weighted by Gasteiger charge is 2.10. The minimum Gasteiger partial charge on any atom is -0.397 e. The van der Waals surface area contributed by atoms with Gasteiger partial charge in [-0.25, -0.2) is 4.98 Å². The fraction of sp³-hybridized carbons (Fsp3) is 0.214. The van der Waals surface area contributed by atoms with E-state index in [1.165, 1.54) is 6.33 Å². The van der Waals surface area contributed by atoms with Crippen LogP contribution in [0.1, 0.15) is 17.0 Å². The van der Waals surface area contributed by atoms with Crippen molar-refractivity contribution in [2.24, 2.45) is 0 Å². The van der Waals surface area contributed by atoms with Crippen LogP contribution in [-0.2, 0) is 6.54 Å². The Morgan fingerprint density at radius 1 is 1.38 bits per heavy atom. The number of nitrogens with two attached hydrogens (primary N) is 1. The van der Waals surface area contributed by atoms with E-state index in [9.17, 15) is 4.79 Å². The van der Waals surface area contributed by atoms with E-state index in [2.05, 4.69) is 20.4 Å². The molecule has 0 amide bonds. The van der Waals surface area contributed by atoms with Crippen LogP contribution in [0.5, 0.6) is 0 Å². The Morgan fingerprint density at radius 3 is 2.90 bits per heavy atom. The summed E-state index contributed by atoms with van der Waals surface area (Å²) >= 11 is 0. The molecule has 4 N–H and O–H groups in total. The van der Waals surface area contributed by atoms with Crippen molar-refractivity contribution in [2.45, 2.75) is 20.4 Å². The van der Waals surface area contributed by atoms with Crippen molar-refractivity contribution in [1.29, 1.82) is 0 Å². The number of anilines is 2. The summed E-state index contributed by atoms with van der Waals surface area (Å²) in [5, 5.41) is 7.61. The van der Waals surface area contributed by atoms with Gasteiger partial charge in [0.25, 0.3) is 5.56 Å². The van der Waals surface area contributed by atoms with Gasteiger partial charge in [-0.15, -0.1) is 0 Å². The zero-order valence-corrected chi connectivity index (χ0v) is 11.7. The summed E-state index contributed by atoms with van der Waals surface area (Å²) < 4.78 is 5.12. The maximum Gasteiger partial charge on any atom is 0.258 e. The Balaban J connectivity index is 1.94. The van der Waals surface area contributed by atoms with Gasteiger partial charge in [0, 0.05) is 12.1 Å². The maximum atomic E-state index is 11.7. The van der Waals surface area contributed by atoms with Gasteiger partial charge in [0.2, 0.25) is 0 Å². The van der Waals surface area contributed by atoms with E-state index in [1.54, 1.807) is 12.1 Å². The summed E-state index contributed by atoms with van der Waals surface area (Å²) in [5.41, 5.74) is 9.43. The third-order valence-corrected chi connectivity index (χ3v) is 3.45. The quantitative estimate of drug-likeness (QED) is 0.632. The average Bonchev–Trinajstić information content (AvgIpc) is 2.77. The number of nitrogen functional groups attached to an aromatic ring is 1. The normalized spacial score (nSPS) is 11.0. The molecule has 0 aliphatic carbocycles. The van der Waals surface area contributed by atoms with Crippen LogP contribution in [0.4, 0.5) is 11.4 Å². The molecule has 0 spiro atoms. The number of aromatic nitrogens is 3. The van der Waals surface area contributed by atoms with Crippen LogP contribution in [0, 0.1) is 13.8 Å². The molecule has 21 heavy (non-hydrogen) atoms. The first-order chi connectivity index (χ1) is 10.1. The topological polar surface area (TPSA) is 110 Å². The maximum absolute atomic E-state index is 11.7. The van der Waals surface area contributed by atoms with Gasteiger partial charge in [-0.3, -0.25) is 4.79 Å². The molecule has 3 aromatic rings. The van der Waals surface area contributed by atoms with Crippen molar-refractivity contribution in [3.63, 3.8) is 0 Å². The van der Waals surface area contributed by atoms with Gasteiger partial charge >= 0.3 is 0 Å². The van der Waals surface area contributed by atoms with Gasteiger partial charge in [0.15, 0.2) is 0 Å². The van der Waals surface area contributed by atoms with Crippen LogP contribution in [0.2, 0.25) is 0 Å². The number of hydrogen-bond acceptors (Lipinski definition) is 6. The molecule has 0 unspecified atom stereocenters. The lowest BCUT2D eigenvalue weighted by atomic mass is 10.1. The zero-order chi connectivity index (χ0) is 15.0. The van der Waals surface area contributed by atoms with E-state index in [-0.39, 0.29) is 5.56 Å². The zero-order valence-electron chi connectivity index (χ0n) is 11.7. The van der Waals surface area contributed by atoms with Gasteiger partial charge in [-0.05, 0) is 26.0 Å². The van der Waals surface area contributed by atoms with Crippen LogP contribution < -0.4 is 16.6 Å². The van der Waals surface area contributed by atoms with Crippen molar-refractivity contribution in [3.8, 4) is 0 Å². The molecule has 0 aliphatic heterocycles. The fourth-order valence-electron chi connectivity index (χ4n) is 2.22. The summed E-state index contributed by atoms with van der Waals surface area (Å²) in [6.45, 7) is 4.29. The average molecular weight is 285 g/mol. The number of hydrogen-bond donors (Lipinski definition) is 3. The molecule has 7 nitrogen and oxygen atoms in total. The number of H-pyrrole nitrogens is 1. The second-order valence-electron chi connectivity index (χ2n) is 4.84. The molecule has 7 heteroatoms. The SMILES string of the molecule is Cc1noc(C)c1CNc1cc2nc[nH]c(=O)c2cc1N. The van der Waals surface area contributed by atoms with Gasteiger partial charge in [-0.1, -0.05) is 5.16 Å². The van der Waals surface area contributed by atoms with Crippen molar-refractivity contribution >= 4 is 22.3 Å². The van der Waals surface area contributed by atoms with Gasteiger partial charge in [0.1, 0.15) is 5.76 Å². The highest BCUT2D eigenvalue weighted by molar-refractivity contribution is 5.88. The van der Waals surface area contributed by atoms with Crippen molar-refractivity contribution in [3.05, 3.63) is 45.8 Å². The lowest BCUT2D eigenvalue weighted by Gasteiger charge is -2.10. The summed E-state index contributed by atoms with van der Waals surface area (Å²) in [5.74, 6) is 0.772. The van der Waals surface area contributed by atoms with E-state index < -0.39 is 0 Å². The predicted molar refractivity (Wildman–Crippen MR) is 80.1 cm³/mol. The van der Waals surface area contributed by atoms with Crippen LogP contribution in [0.25, 0.3) is 10.9 Å². The molecule has 0 radical (unpaired) electrons. The number of nitrogens with one attached hydrogen (secondary N) is 2. The van der Waals surface area contributed by atoms with Crippen LogP contribution in [0.15, 0.2) is 27.8 Å². The molecular weight excluding hydrogens is 270 g/mol. The second-order valence-corrected chi connectivity index (χ2v) is 4.84. The number of rotatable bonds is 3. The standard InChI is InChI=1S/C14H15N5O2/c1-7-10(8(2)21-19-7)5-16-13-4-12-9(3-11(13)15)14(20)18-6-17-12/h3-4,6,16H,5,15H2,1-2H3,(H,17,18,20). The molecule has 2 heterocycles. The van der Waals surface area contributed by atoms with Crippen LogP contribution in [-0.4, -0.2) is 15.1 Å². The third kappa shape index (κ3) is 2.33. The van der Waals surface area contributed by atoms with Crippen LogP contribution >= 0.6 is 0 Å². The fourth-order valence-corrected chi connectivity index (χ4v) is 2.22. The molecule has 3 rings (SSSR count). The minimum absolute atomic E-state index is 0.205. The molecular formula is C14H15N5O2. The molecule has 0 atom stereocenters. The number of benzene rings is 1. The first-order valence-corrected chi connectivity index (χ1v) is 6.49. The highest BCUT2D eigenvalue weighted by atomic mass is 16.5. The Labute approximate surface area is 120 Å². The Morgan fingerprint density at radius 2 is 2.19 bits per heavy atom. The number of fused-ring (bicyclic) bond motifs is 1. The van der Waals surface area contributed by atoms with Crippen molar-refractivity contribution < 1.29 is 4.52 Å². The smallest absolute Gasteiger partial charge is 0.258 e. The number of aryl methyl sites for hydroxylation is 2. The molecule has 108 valence electrons. The largest absolute Gasteiger partial charge is 0.397 e. The Bertz CT molecular complexity index is 846. The van der Waals surface area contributed by atoms with Gasteiger partial charge < -0.3 is 20.6 Å². The summed E-state index contributed by atoms with van der Waals surface area (Å²) in [4.78, 5) is 18.4.